The van der Waals surface area contributed by atoms with E-state index in [1.165, 1.54) is 0 Å². The summed E-state index contributed by atoms with van der Waals surface area (Å²) in [6.45, 7) is 6.18. The summed E-state index contributed by atoms with van der Waals surface area (Å²) in [6.07, 6.45) is 0. The summed E-state index contributed by atoms with van der Waals surface area (Å²) in [5.74, 6) is 2.34. The van der Waals surface area contributed by atoms with Crippen LogP contribution >= 0.6 is 24.2 Å². The highest BCUT2D eigenvalue weighted by Crippen LogP contribution is 2.27. The molecule has 1 saturated heterocycles. The van der Waals surface area contributed by atoms with E-state index in [-0.39, 0.29) is 29.8 Å². The average Bonchev–Trinajstić information content (AvgIpc) is 3.06. The number of oxazole rings is 1. The molecule has 1 atom stereocenters. The molecule has 22 heavy (non-hydrogen) atoms. The van der Waals surface area contributed by atoms with Crippen molar-refractivity contribution in [2.75, 3.05) is 16.9 Å². The SMILES string of the molecule is CC(C)(C)c1nc2cc(NC(=O)C3CSCN3)ccc2o1.Cl. The molecule has 1 amide bonds. The minimum absolute atomic E-state index is 0. The first-order valence-electron chi connectivity index (χ1n) is 6.96. The molecule has 1 aromatic carbocycles. The molecule has 1 aromatic heterocycles. The van der Waals surface area contributed by atoms with Gasteiger partial charge < -0.3 is 9.73 Å². The van der Waals surface area contributed by atoms with Crippen LogP contribution in [0, 0.1) is 0 Å². The molecule has 2 aromatic rings. The number of halogens is 1. The Kier molecular flexibility index (Phi) is 5.04. The average molecular weight is 342 g/mol. The van der Waals surface area contributed by atoms with Crippen LogP contribution in [0.15, 0.2) is 22.6 Å². The molecule has 0 spiro atoms. The largest absolute Gasteiger partial charge is 0.440 e. The van der Waals surface area contributed by atoms with Crippen LogP contribution in [0.5, 0.6) is 0 Å². The number of benzene rings is 1. The number of carbonyl (C=O) groups is 1. The van der Waals surface area contributed by atoms with Gasteiger partial charge in [0, 0.05) is 22.7 Å². The Balaban J connectivity index is 0.00000176. The number of amides is 1. The molecule has 0 bridgehead atoms. The predicted molar refractivity (Wildman–Crippen MR) is 92.8 cm³/mol. The Hall–Kier alpha value is -1.24. The molecule has 3 rings (SSSR count). The maximum absolute atomic E-state index is 12.1. The van der Waals surface area contributed by atoms with E-state index in [9.17, 15) is 4.79 Å². The maximum Gasteiger partial charge on any atom is 0.242 e. The Morgan fingerprint density at radius 2 is 2.23 bits per heavy atom. The number of carbonyl (C=O) groups excluding carboxylic acids is 1. The second kappa shape index (κ2) is 6.48. The normalized spacial score (nSPS) is 18.2. The van der Waals surface area contributed by atoms with Gasteiger partial charge in [-0.15, -0.1) is 24.2 Å². The minimum Gasteiger partial charge on any atom is -0.440 e. The van der Waals surface area contributed by atoms with Crippen LogP contribution < -0.4 is 10.6 Å². The van der Waals surface area contributed by atoms with Crippen molar-refractivity contribution in [1.29, 1.82) is 0 Å². The number of fused-ring (bicyclic) bond motifs is 1. The maximum atomic E-state index is 12.1. The smallest absolute Gasteiger partial charge is 0.242 e. The minimum atomic E-state index is -0.132. The van der Waals surface area contributed by atoms with E-state index in [0.717, 1.165) is 28.4 Å². The summed E-state index contributed by atoms with van der Waals surface area (Å²) in [7, 11) is 0. The molecule has 2 heterocycles. The van der Waals surface area contributed by atoms with E-state index in [1.807, 2.05) is 18.2 Å². The van der Waals surface area contributed by atoms with Gasteiger partial charge in [-0.2, -0.15) is 0 Å². The van der Waals surface area contributed by atoms with Gasteiger partial charge in [0.25, 0.3) is 0 Å². The number of thioether (sulfide) groups is 1. The molecule has 1 fully saturated rings. The lowest BCUT2D eigenvalue weighted by Crippen LogP contribution is -2.37. The van der Waals surface area contributed by atoms with Gasteiger partial charge in [0.2, 0.25) is 11.8 Å². The van der Waals surface area contributed by atoms with E-state index in [4.69, 9.17) is 4.42 Å². The second-order valence-corrected chi connectivity index (χ2v) is 7.24. The highest BCUT2D eigenvalue weighted by molar-refractivity contribution is 7.99. The molecule has 0 saturated carbocycles. The van der Waals surface area contributed by atoms with Crippen LogP contribution in [-0.4, -0.2) is 28.6 Å². The fraction of sp³-hybridized carbons (Fsp3) is 0.467. The van der Waals surface area contributed by atoms with Crippen molar-refractivity contribution in [2.24, 2.45) is 0 Å². The Morgan fingerprint density at radius 1 is 1.45 bits per heavy atom. The summed E-state index contributed by atoms with van der Waals surface area (Å²) in [5, 5.41) is 6.08. The third-order valence-corrected chi connectivity index (χ3v) is 4.27. The van der Waals surface area contributed by atoms with Crippen LogP contribution in [-0.2, 0) is 10.2 Å². The van der Waals surface area contributed by atoms with Crippen molar-refractivity contribution in [3.05, 3.63) is 24.1 Å². The van der Waals surface area contributed by atoms with Crippen molar-refractivity contribution < 1.29 is 9.21 Å². The third-order valence-electron chi connectivity index (χ3n) is 3.33. The van der Waals surface area contributed by atoms with Crippen molar-refractivity contribution >= 4 is 46.9 Å². The van der Waals surface area contributed by atoms with Crippen molar-refractivity contribution in [3.8, 4) is 0 Å². The number of aromatic nitrogens is 1. The zero-order valence-electron chi connectivity index (χ0n) is 12.8. The lowest BCUT2D eigenvalue weighted by molar-refractivity contribution is -0.117. The van der Waals surface area contributed by atoms with E-state index in [2.05, 4.69) is 36.4 Å². The van der Waals surface area contributed by atoms with Crippen molar-refractivity contribution in [1.82, 2.24) is 10.3 Å². The Bertz CT molecular complexity index is 675. The first-order chi connectivity index (χ1) is 9.93. The number of rotatable bonds is 2. The van der Waals surface area contributed by atoms with Crippen LogP contribution in [0.1, 0.15) is 26.7 Å². The molecular formula is C15H20ClN3O2S. The lowest BCUT2D eigenvalue weighted by atomic mass is 9.97. The van der Waals surface area contributed by atoms with Crippen LogP contribution in [0.3, 0.4) is 0 Å². The number of nitrogens with one attached hydrogen (secondary N) is 2. The van der Waals surface area contributed by atoms with Gasteiger partial charge in [0.15, 0.2) is 5.58 Å². The van der Waals surface area contributed by atoms with Gasteiger partial charge in [-0.3, -0.25) is 10.1 Å². The van der Waals surface area contributed by atoms with Crippen molar-refractivity contribution in [3.63, 3.8) is 0 Å². The molecule has 1 aliphatic heterocycles. The second-order valence-electron chi connectivity index (χ2n) is 6.21. The number of nitrogens with zero attached hydrogens (tertiary/aromatic N) is 1. The summed E-state index contributed by atoms with van der Waals surface area (Å²) >= 11 is 1.73. The zero-order valence-corrected chi connectivity index (χ0v) is 14.4. The van der Waals surface area contributed by atoms with Gasteiger partial charge >= 0.3 is 0 Å². The van der Waals surface area contributed by atoms with Gasteiger partial charge in [0.05, 0.1) is 6.04 Å². The number of hydrogen-bond acceptors (Lipinski definition) is 5. The standard InChI is InChI=1S/C15H19N3O2S.ClH/c1-15(2,3)14-18-10-6-9(4-5-12(10)20-14)17-13(19)11-7-21-8-16-11;/h4-6,11,16H,7-8H2,1-3H3,(H,17,19);1H. The van der Waals surface area contributed by atoms with E-state index in [0.29, 0.717) is 5.89 Å². The summed E-state index contributed by atoms with van der Waals surface area (Å²) in [4.78, 5) is 16.6. The summed E-state index contributed by atoms with van der Waals surface area (Å²) < 4.78 is 5.75. The molecule has 0 aliphatic carbocycles. The fourth-order valence-electron chi connectivity index (χ4n) is 2.12. The van der Waals surface area contributed by atoms with Crippen LogP contribution in [0.25, 0.3) is 11.1 Å². The molecule has 0 radical (unpaired) electrons. The quantitative estimate of drug-likeness (QED) is 0.878. The zero-order chi connectivity index (χ0) is 15.0. The molecule has 120 valence electrons. The van der Waals surface area contributed by atoms with Gasteiger partial charge in [0.1, 0.15) is 5.52 Å². The fourth-order valence-corrected chi connectivity index (χ4v) is 3.06. The molecule has 2 N–H and O–H groups in total. The summed E-state index contributed by atoms with van der Waals surface area (Å²) in [5.41, 5.74) is 2.13. The van der Waals surface area contributed by atoms with E-state index in [1.54, 1.807) is 11.8 Å². The first kappa shape index (κ1) is 17.1. The highest BCUT2D eigenvalue weighted by atomic mass is 35.5. The van der Waals surface area contributed by atoms with E-state index >= 15 is 0 Å². The summed E-state index contributed by atoms with van der Waals surface area (Å²) in [6, 6.07) is 5.44. The molecular weight excluding hydrogens is 322 g/mol. The predicted octanol–water partition coefficient (Wildman–Crippen LogP) is 3.15. The van der Waals surface area contributed by atoms with Crippen LogP contribution in [0.4, 0.5) is 5.69 Å². The number of anilines is 1. The Labute approximate surface area is 140 Å². The third kappa shape index (κ3) is 3.56. The monoisotopic (exact) mass is 341 g/mol. The first-order valence-corrected chi connectivity index (χ1v) is 8.12. The molecule has 1 aliphatic rings. The highest BCUT2D eigenvalue weighted by Gasteiger charge is 2.23. The Morgan fingerprint density at radius 3 is 2.86 bits per heavy atom. The van der Waals surface area contributed by atoms with Gasteiger partial charge in [-0.05, 0) is 18.2 Å². The van der Waals surface area contributed by atoms with Gasteiger partial charge in [-0.1, -0.05) is 20.8 Å². The lowest BCUT2D eigenvalue weighted by Gasteiger charge is -2.11. The molecule has 5 nitrogen and oxygen atoms in total. The topological polar surface area (TPSA) is 67.2 Å². The molecule has 1 unspecified atom stereocenters. The van der Waals surface area contributed by atoms with E-state index < -0.39 is 0 Å². The van der Waals surface area contributed by atoms with Crippen molar-refractivity contribution in [2.45, 2.75) is 32.2 Å². The van der Waals surface area contributed by atoms with Crippen LogP contribution in [0.2, 0.25) is 0 Å². The van der Waals surface area contributed by atoms with Gasteiger partial charge in [-0.25, -0.2) is 4.98 Å². The number of hydrogen-bond donors (Lipinski definition) is 2. The molecule has 7 heteroatoms.